The number of para-hydroxylation sites is 1. The van der Waals surface area contributed by atoms with Crippen molar-refractivity contribution >= 4 is 44.2 Å². The minimum Gasteiger partial charge on any atom is -1.00 e. The molecule has 0 unspecified atom stereocenters. The van der Waals surface area contributed by atoms with Crippen LogP contribution < -0.4 is 24.0 Å². The van der Waals surface area contributed by atoms with Crippen LogP contribution in [-0.2, 0) is 31.3 Å². The molecule has 3 aromatic carbocycles. The van der Waals surface area contributed by atoms with Crippen molar-refractivity contribution in [2.24, 2.45) is 0 Å². The molecule has 0 atom stereocenters. The zero-order valence-electron chi connectivity index (χ0n) is 23.6. The lowest BCUT2D eigenvalue weighted by Gasteiger charge is -2.16. The molecule has 1 aliphatic heterocycles. The fourth-order valence-corrected chi connectivity index (χ4v) is 6.45. The number of methoxy groups -OCH3 is 1. The van der Waals surface area contributed by atoms with Crippen LogP contribution in [0.5, 0.6) is 0 Å². The summed E-state index contributed by atoms with van der Waals surface area (Å²) in [5.74, 6) is -3.78. The molecule has 42 heavy (non-hydrogen) atoms. The van der Waals surface area contributed by atoms with Gasteiger partial charge in [-0.25, -0.2) is 8.42 Å². The third-order valence-electron chi connectivity index (χ3n) is 7.80. The molecule has 5 rings (SSSR count). The summed E-state index contributed by atoms with van der Waals surface area (Å²) in [5.41, 5.74) is 5.51. The van der Waals surface area contributed by atoms with E-state index in [0.717, 1.165) is 39.1 Å². The summed E-state index contributed by atoms with van der Waals surface area (Å²) in [4.78, 5) is 11.7. The number of aryl methyl sites for hydroxylation is 1. The van der Waals surface area contributed by atoms with Gasteiger partial charge in [-0.3, -0.25) is 4.79 Å². The lowest BCUT2D eigenvalue weighted by atomic mass is 9.81. The normalized spacial score (nSPS) is 14.5. The van der Waals surface area contributed by atoms with Gasteiger partial charge < -0.3 is 33.3 Å². The van der Waals surface area contributed by atoms with Crippen LogP contribution in [0.25, 0.3) is 28.2 Å². The Morgan fingerprint density at radius 3 is 2.36 bits per heavy atom. The maximum Gasteiger partial charge on any atom is 0.341 e. The highest BCUT2D eigenvalue weighted by molar-refractivity contribution is 7.91. The smallest absolute Gasteiger partial charge is 0.341 e. The first kappa shape index (κ1) is 31.6. The molecule has 0 bridgehead atoms. The van der Waals surface area contributed by atoms with Crippen LogP contribution in [0.2, 0.25) is 0 Å². The highest BCUT2D eigenvalue weighted by Gasteiger charge is 2.44. The first-order chi connectivity index (χ1) is 19.5. The van der Waals surface area contributed by atoms with Crippen LogP contribution in [0.15, 0.2) is 83.8 Å². The van der Waals surface area contributed by atoms with Crippen molar-refractivity contribution in [3.05, 3.63) is 90.0 Å². The van der Waals surface area contributed by atoms with Gasteiger partial charge in [-0.15, -0.1) is 0 Å². The maximum atomic E-state index is 13.3. The predicted octanol–water partition coefficient (Wildman–Crippen LogP) is 3.59. The van der Waals surface area contributed by atoms with Crippen LogP contribution in [-0.4, -0.2) is 49.2 Å². The number of carbonyl (C=O) groups is 1. The number of fused-ring (bicyclic) bond motifs is 2. The molecular weight excluding hydrogens is 673 g/mol. The maximum absolute atomic E-state index is 13.3. The first-order valence-corrected chi connectivity index (χ1v) is 14.7. The zero-order chi connectivity index (χ0) is 29.5. The number of alkyl halides is 2. The van der Waals surface area contributed by atoms with Gasteiger partial charge in [0.2, 0.25) is 15.5 Å². The van der Waals surface area contributed by atoms with Crippen molar-refractivity contribution in [3.8, 4) is 11.3 Å². The van der Waals surface area contributed by atoms with Gasteiger partial charge in [0.1, 0.15) is 7.05 Å². The Labute approximate surface area is 261 Å². The zero-order valence-corrected chi connectivity index (χ0v) is 26.6. The minimum absolute atomic E-state index is 0. The lowest BCUT2D eigenvalue weighted by molar-refractivity contribution is -0.401. The molecule has 6 nitrogen and oxygen atoms in total. The van der Waals surface area contributed by atoms with Crippen molar-refractivity contribution in [1.29, 1.82) is 0 Å². The van der Waals surface area contributed by atoms with E-state index in [1.807, 2.05) is 92.2 Å². The SMILES string of the molecule is COC(=O)CCn1c(-c2ccccc2)c(C=CC2=[N+](C)c3ccc(S(=O)(=O)C(F)F)cc3C2(C)C)c2ccccc21.[I-]. The molecule has 1 aromatic heterocycles. The van der Waals surface area contributed by atoms with Crippen molar-refractivity contribution in [1.82, 2.24) is 4.57 Å². The molecule has 0 N–H and O–H groups in total. The van der Waals surface area contributed by atoms with Gasteiger partial charge in [-0.05, 0) is 43.7 Å². The number of hydrogen-bond acceptors (Lipinski definition) is 4. The van der Waals surface area contributed by atoms with E-state index >= 15 is 0 Å². The van der Waals surface area contributed by atoms with Crippen LogP contribution in [0.4, 0.5) is 14.5 Å². The second kappa shape index (κ2) is 12.1. The number of aromatic nitrogens is 1. The quantitative estimate of drug-likeness (QED) is 0.160. The van der Waals surface area contributed by atoms with Crippen LogP contribution in [0.3, 0.4) is 0 Å². The highest BCUT2D eigenvalue weighted by Crippen LogP contribution is 2.42. The average Bonchev–Trinajstić information content (AvgIpc) is 3.38. The van der Waals surface area contributed by atoms with Gasteiger partial charge >= 0.3 is 11.7 Å². The van der Waals surface area contributed by atoms with E-state index in [2.05, 4.69) is 4.57 Å². The molecule has 10 heteroatoms. The number of esters is 1. The second-order valence-electron chi connectivity index (χ2n) is 10.5. The summed E-state index contributed by atoms with van der Waals surface area (Å²) in [6.45, 7) is 4.33. The Morgan fingerprint density at radius 1 is 1.02 bits per heavy atom. The molecule has 0 saturated carbocycles. The Hall–Kier alpha value is -3.38. The minimum atomic E-state index is -4.73. The van der Waals surface area contributed by atoms with Gasteiger partial charge in [0.15, 0.2) is 5.71 Å². The average molecular weight is 705 g/mol. The predicted molar refractivity (Wildman–Crippen MR) is 157 cm³/mol. The Morgan fingerprint density at radius 2 is 1.69 bits per heavy atom. The molecule has 0 aliphatic carbocycles. The Kier molecular flexibility index (Phi) is 9.08. The highest BCUT2D eigenvalue weighted by atomic mass is 127. The van der Waals surface area contributed by atoms with E-state index in [1.54, 1.807) is 6.07 Å². The van der Waals surface area contributed by atoms with Gasteiger partial charge in [0, 0.05) is 40.7 Å². The summed E-state index contributed by atoms with van der Waals surface area (Å²) in [5, 5.41) is 1.01. The topological polar surface area (TPSA) is 68.4 Å². The van der Waals surface area contributed by atoms with E-state index in [0.29, 0.717) is 12.1 Å². The number of carbonyl (C=O) groups excluding carboxylic acids is 1. The third kappa shape index (κ3) is 5.42. The van der Waals surface area contributed by atoms with Crippen molar-refractivity contribution < 1.29 is 55.3 Å². The molecule has 1 aliphatic rings. The van der Waals surface area contributed by atoms with Crippen LogP contribution >= 0.6 is 0 Å². The van der Waals surface area contributed by atoms with E-state index in [-0.39, 0.29) is 36.4 Å². The lowest BCUT2D eigenvalue weighted by Crippen LogP contribution is -3.00. The number of sulfone groups is 1. The van der Waals surface area contributed by atoms with Gasteiger partial charge in [0.05, 0.1) is 29.5 Å². The largest absolute Gasteiger partial charge is 1.00 e. The summed E-state index contributed by atoms with van der Waals surface area (Å²) in [6, 6.07) is 22.1. The third-order valence-corrected chi connectivity index (χ3v) is 9.18. The number of ether oxygens (including phenoxy) is 1. The molecule has 0 radical (unpaired) electrons. The molecular formula is C32H31F2IN2O4S. The van der Waals surface area contributed by atoms with E-state index in [9.17, 15) is 22.0 Å². The van der Waals surface area contributed by atoms with E-state index in [1.165, 1.54) is 19.2 Å². The molecule has 2 heterocycles. The fourth-order valence-electron chi connectivity index (χ4n) is 5.70. The second-order valence-corrected chi connectivity index (χ2v) is 12.4. The van der Waals surface area contributed by atoms with Crippen LogP contribution in [0, 0.1) is 0 Å². The number of halogens is 3. The molecule has 0 amide bonds. The Bertz CT molecular complexity index is 1830. The summed E-state index contributed by atoms with van der Waals surface area (Å²) in [6.07, 6.45) is 4.25. The number of benzene rings is 3. The summed E-state index contributed by atoms with van der Waals surface area (Å²) in [7, 11) is -1.47. The Balaban J connectivity index is 0.00000405. The number of allylic oxidation sites excluding steroid dienone is 1. The number of hydrogen-bond donors (Lipinski definition) is 0. The van der Waals surface area contributed by atoms with E-state index in [4.69, 9.17) is 4.74 Å². The van der Waals surface area contributed by atoms with E-state index < -0.39 is 25.9 Å². The molecule has 0 saturated heterocycles. The van der Waals surface area contributed by atoms with Gasteiger partial charge in [-0.1, -0.05) is 48.5 Å². The molecule has 220 valence electrons. The standard InChI is InChI=1S/C32H31F2N2O4S.HI/c1-32(2)25-20-22(41(38,39)31(33)34)14-16-27(25)35(3)28(32)17-15-24-23-12-8-9-13-26(23)36(19-18-29(37)40-4)30(24)21-10-6-5-7-11-21;/h5-17,20,31H,18-19H2,1-4H3;1H/q+1;/p-1. The fraction of sp³-hybridized carbons (Fsp3) is 0.250. The summed E-state index contributed by atoms with van der Waals surface area (Å²) >= 11 is 0. The summed E-state index contributed by atoms with van der Waals surface area (Å²) < 4.78 is 60.0. The van der Waals surface area contributed by atoms with Crippen LogP contribution in [0.1, 0.15) is 31.4 Å². The monoisotopic (exact) mass is 704 g/mol. The van der Waals surface area contributed by atoms with Crippen molar-refractivity contribution in [2.75, 3.05) is 14.2 Å². The molecule has 0 fully saturated rings. The molecule has 4 aromatic rings. The van der Waals surface area contributed by atoms with Crippen molar-refractivity contribution in [2.45, 2.75) is 42.9 Å². The van der Waals surface area contributed by atoms with Gasteiger partial charge in [-0.2, -0.15) is 13.4 Å². The molecule has 0 spiro atoms. The first-order valence-electron chi connectivity index (χ1n) is 13.2. The van der Waals surface area contributed by atoms with Crippen molar-refractivity contribution in [3.63, 3.8) is 0 Å². The number of rotatable bonds is 8. The number of nitrogens with zero attached hydrogens (tertiary/aromatic N) is 2. The van der Waals surface area contributed by atoms with Gasteiger partial charge in [0.25, 0.3) is 0 Å².